The van der Waals surface area contributed by atoms with Crippen LogP contribution in [0.4, 0.5) is 10.4 Å². The first-order valence-corrected chi connectivity index (χ1v) is 10.1. The van der Waals surface area contributed by atoms with Crippen LogP contribution in [0.3, 0.4) is 0 Å². The number of halogens is 1. The molecule has 1 aliphatic rings. The standard InChI is InChI=1S/C24H19FN4O3/c25-19-7-5-16(6-8-19)15-1-3-17(4-2-15)20-21(18-11-26-14-27-12-18)32-23(29-20)28-13-24(9-10-24)22(30)31/h1-8,11-12,14H,9-10,13H2,(H,28,29)(H,30,31). The number of rotatable bonds is 7. The van der Waals surface area contributed by atoms with Crippen LogP contribution in [0.25, 0.3) is 33.7 Å². The zero-order valence-corrected chi connectivity index (χ0v) is 17.0. The van der Waals surface area contributed by atoms with Crippen LogP contribution in [0.2, 0.25) is 0 Å². The fourth-order valence-corrected chi connectivity index (χ4v) is 3.53. The van der Waals surface area contributed by atoms with Crippen molar-refractivity contribution in [2.75, 3.05) is 11.9 Å². The van der Waals surface area contributed by atoms with Crippen LogP contribution in [0, 0.1) is 11.2 Å². The average Bonchev–Trinajstić information content (AvgIpc) is 3.51. The van der Waals surface area contributed by atoms with Crippen molar-refractivity contribution in [3.8, 4) is 33.7 Å². The molecule has 2 aromatic heterocycles. The van der Waals surface area contributed by atoms with Crippen molar-refractivity contribution < 1.29 is 18.7 Å². The number of aromatic nitrogens is 3. The summed E-state index contributed by atoms with van der Waals surface area (Å²) in [5, 5.41) is 12.4. The summed E-state index contributed by atoms with van der Waals surface area (Å²) in [6.45, 7) is 0.247. The SMILES string of the molecule is O=C(O)C1(CNc2nc(-c3ccc(-c4ccc(F)cc4)cc3)c(-c3cncnc3)o2)CC1. The summed E-state index contributed by atoms with van der Waals surface area (Å²) < 4.78 is 19.2. The molecule has 5 rings (SSSR count). The molecule has 0 spiro atoms. The van der Waals surface area contributed by atoms with E-state index in [1.807, 2.05) is 24.3 Å². The Labute approximate surface area is 183 Å². The molecule has 0 bridgehead atoms. The summed E-state index contributed by atoms with van der Waals surface area (Å²) >= 11 is 0. The molecule has 0 amide bonds. The van der Waals surface area contributed by atoms with Crippen LogP contribution in [0.5, 0.6) is 0 Å². The minimum absolute atomic E-state index is 0.244. The van der Waals surface area contributed by atoms with Crippen LogP contribution < -0.4 is 5.32 Å². The van der Waals surface area contributed by atoms with Gasteiger partial charge in [-0.1, -0.05) is 36.4 Å². The van der Waals surface area contributed by atoms with Gasteiger partial charge in [0.25, 0.3) is 6.01 Å². The lowest BCUT2D eigenvalue weighted by atomic mass is 10.0. The Bertz CT molecular complexity index is 1250. The first-order chi connectivity index (χ1) is 15.5. The second-order valence-corrected chi connectivity index (χ2v) is 7.85. The predicted octanol–water partition coefficient (Wildman–Crippen LogP) is 4.88. The third-order valence-electron chi connectivity index (χ3n) is 5.67. The number of carbonyl (C=O) groups is 1. The minimum atomic E-state index is -0.815. The maximum absolute atomic E-state index is 13.2. The Kier molecular flexibility index (Phi) is 4.89. The van der Waals surface area contributed by atoms with E-state index in [9.17, 15) is 14.3 Å². The first-order valence-electron chi connectivity index (χ1n) is 10.1. The molecule has 7 nitrogen and oxygen atoms in total. The molecule has 0 unspecified atom stereocenters. The fraction of sp³-hybridized carbons (Fsp3) is 0.167. The monoisotopic (exact) mass is 430 g/mol. The van der Waals surface area contributed by atoms with E-state index in [0.29, 0.717) is 29.9 Å². The Hall–Kier alpha value is -4.07. The summed E-state index contributed by atoms with van der Waals surface area (Å²) in [6.07, 6.45) is 5.96. The molecule has 160 valence electrons. The van der Waals surface area contributed by atoms with E-state index in [2.05, 4.69) is 20.3 Å². The van der Waals surface area contributed by atoms with E-state index >= 15 is 0 Å². The second kappa shape index (κ2) is 7.88. The van der Waals surface area contributed by atoms with Gasteiger partial charge in [-0.3, -0.25) is 4.79 Å². The summed E-state index contributed by atoms with van der Waals surface area (Å²) in [5.74, 6) is -0.605. The highest BCUT2D eigenvalue weighted by molar-refractivity contribution is 5.80. The smallest absolute Gasteiger partial charge is 0.311 e. The van der Waals surface area contributed by atoms with Gasteiger partial charge in [0.15, 0.2) is 5.76 Å². The number of nitrogens with one attached hydrogen (secondary N) is 1. The molecule has 1 saturated carbocycles. The van der Waals surface area contributed by atoms with Crippen LogP contribution in [0.15, 0.2) is 71.7 Å². The Morgan fingerprint density at radius 3 is 2.16 bits per heavy atom. The van der Waals surface area contributed by atoms with Crippen LogP contribution in [-0.2, 0) is 4.79 Å². The number of hydrogen-bond donors (Lipinski definition) is 2. The normalized spacial score (nSPS) is 14.2. The first kappa shape index (κ1) is 19.9. The number of hydrogen-bond acceptors (Lipinski definition) is 6. The van der Waals surface area contributed by atoms with Crippen molar-refractivity contribution in [3.63, 3.8) is 0 Å². The third kappa shape index (κ3) is 3.82. The number of carboxylic acid groups (broad SMARTS) is 1. The van der Waals surface area contributed by atoms with Crippen LogP contribution >= 0.6 is 0 Å². The maximum Gasteiger partial charge on any atom is 0.311 e. The number of benzene rings is 2. The number of carboxylic acids is 1. The minimum Gasteiger partial charge on any atom is -0.481 e. The lowest BCUT2D eigenvalue weighted by molar-refractivity contribution is -0.142. The molecule has 2 N–H and O–H groups in total. The van der Waals surface area contributed by atoms with Crippen molar-refractivity contribution in [1.82, 2.24) is 15.0 Å². The summed E-state index contributed by atoms with van der Waals surface area (Å²) in [6, 6.07) is 14.2. The molecule has 2 aromatic carbocycles. The van der Waals surface area contributed by atoms with Gasteiger partial charge in [-0.2, -0.15) is 4.98 Å². The van der Waals surface area contributed by atoms with E-state index in [0.717, 1.165) is 16.7 Å². The molecular formula is C24H19FN4O3. The molecule has 0 aliphatic heterocycles. The van der Waals surface area contributed by atoms with Gasteiger partial charge in [0.1, 0.15) is 17.8 Å². The maximum atomic E-state index is 13.2. The van der Waals surface area contributed by atoms with Crippen molar-refractivity contribution in [2.45, 2.75) is 12.8 Å². The Morgan fingerprint density at radius 1 is 0.969 bits per heavy atom. The average molecular weight is 430 g/mol. The van der Waals surface area contributed by atoms with Gasteiger partial charge >= 0.3 is 5.97 Å². The lowest BCUT2D eigenvalue weighted by Gasteiger charge is -2.08. The van der Waals surface area contributed by atoms with Gasteiger partial charge in [-0.25, -0.2) is 14.4 Å². The van der Waals surface area contributed by atoms with Gasteiger partial charge in [0.05, 0.1) is 11.0 Å². The zero-order valence-electron chi connectivity index (χ0n) is 17.0. The quantitative estimate of drug-likeness (QED) is 0.431. The molecule has 0 atom stereocenters. The van der Waals surface area contributed by atoms with Gasteiger partial charge in [-0.15, -0.1) is 0 Å². The lowest BCUT2D eigenvalue weighted by Crippen LogP contribution is -2.24. The number of aliphatic carboxylic acids is 1. The van der Waals surface area contributed by atoms with Crippen molar-refractivity contribution >= 4 is 12.0 Å². The molecule has 8 heteroatoms. The summed E-state index contributed by atoms with van der Waals surface area (Å²) in [4.78, 5) is 24.2. The third-order valence-corrected chi connectivity index (χ3v) is 5.67. The molecule has 0 radical (unpaired) electrons. The molecule has 1 fully saturated rings. The van der Waals surface area contributed by atoms with E-state index < -0.39 is 11.4 Å². The number of oxazole rings is 1. The molecule has 0 saturated heterocycles. The largest absolute Gasteiger partial charge is 0.481 e. The molecule has 2 heterocycles. The highest BCUT2D eigenvalue weighted by Gasteiger charge is 2.50. The highest BCUT2D eigenvalue weighted by atomic mass is 19.1. The van der Waals surface area contributed by atoms with Crippen LogP contribution in [-0.4, -0.2) is 32.6 Å². The molecule has 1 aliphatic carbocycles. The topological polar surface area (TPSA) is 101 Å². The summed E-state index contributed by atoms with van der Waals surface area (Å²) in [7, 11) is 0. The number of anilines is 1. The van der Waals surface area contributed by atoms with E-state index in [1.54, 1.807) is 24.5 Å². The van der Waals surface area contributed by atoms with Crippen LogP contribution in [0.1, 0.15) is 12.8 Å². The van der Waals surface area contributed by atoms with Gasteiger partial charge in [-0.05, 0) is 36.1 Å². The second-order valence-electron chi connectivity index (χ2n) is 7.85. The Morgan fingerprint density at radius 2 is 1.56 bits per heavy atom. The number of nitrogens with zero attached hydrogens (tertiary/aromatic N) is 3. The fourth-order valence-electron chi connectivity index (χ4n) is 3.53. The summed E-state index contributed by atoms with van der Waals surface area (Å²) in [5.41, 5.74) is 3.16. The highest BCUT2D eigenvalue weighted by Crippen LogP contribution is 2.46. The van der Waals surface area contributed by atoms with E-state index in [1.165, 1.54) is 18.5 Å². The van der Waals surface area contributed by atoms with Gasteiger partial charge < -0.3 is 14.8 Å². The Balaban J connectivity index is 1.47. The predicted molar refractivity (Wildman–Crippen MR) is 116 cm³/mol. The molecule has 32 heavy (non-hydrogen) atoms. The van der Waals surface area contributed by atoms with E-state index in [4.69, 9.17) is 4.42 Å². The van der Waals surface area contributed by atoms with Crippen molar-refractivity contribution in [3.05, 3.63) is 73.1 Å². The van der Waals surface area contributed by atoms with E-state index in [-0.39, 0.29) is 18.4 Å². The van der Waals surface area contributed by atoms with Gasteiger partial charge in [0.2, 0.25) is 0 Å². The molecule has 4 aromatic rings. The van der Waals surface area contributed by atoms with Crippen molar-refractivity contribution in [2.24, 2.45) is 5.41 Å². The van der Waals surface area contributed by atoms with Gasteiger partial charge in [0, 0.05) is 24.5 Å². The zero-order chi connectivity index (χ0) is 22.1. The molecular weight excluding hydrogens is 411 g/mol. The van der Waals surface area contributed by atoms with Crippen molar-refractivity contribution in [1.29, 1.82) is 0 Å².